The number of hydrogen-bond acceptors (Lipinski definition) is 4. The summed E-state index contributed by atoms with van der Waals surface area (Å²) in [7, 11) is 1.79. The van der Waals surface area contributed by atoms with Gasteiger partial charge in [0.15, 0.2) is 0 Å². The largest absolute Gasteiger partial charge is 0.494 e. The zero-order valence-electron chi connectivity index (χ0n) is 17.2. The molecule has 1 amide bonds. The molecule has 0 fully saturated rings. The summed E-state index contributed by atoms with van der Waals surface area (Å²) in [4.78, 5) is 14.5. The van der Waals surface area contributed by atoms with Crippen LogP contribution in [-0.2, 0) is 19.7 Å². The summed E-state index contributed by atoms with van der Waals surface area (Å²) in [6.45, 7) is 6.29. The van der Waals surface area contributed by atoms with Crippen molar-refractivity contribution in [1.29, 1.82) is 0 Å². The van der Waals surface area contributed by atoms with Crippen molar-refractivity contribution in [2.24, 2.45) is 0 Å². The highest BCUT2D eigenvalue weighted by Crippen LogP contribution is 2.19. The highest BCUT2D eigenvalue weighted by molar-refractivity contribution is 5.94. The molecule has 2 aromatic carbocycles. The van der Waals surface area contributed by atoms with E-state index in [4.69, 9.17) is 9.47 Å². The minimum absolute atomic E-state index is 0.0426. The summed E-state index contributed by atoms with van der Waals surface area (Å²) in [5.41, 5.74) is 2.45. The molecule has 0 atom stereocenters. The second kappa shape index (κ2) is 9.78. The van der Waals surface area contributed by atoms with Crippen molar-refractivity contribution in [2.75, 3.05) is 13.7 Å². The molecule has 0 saturated carbocycles. The molecule has 0 unspecified atom stereocenters. The molecule has 0 saturated heterocycles. The summed E-state index contributed by atoms with van der Waals surface area (Å²) in [6, 6.07) is 17.0. The van der Waals surface area contributed by atoms with Crippen LogP contribution in [0.3, 0.4) is 0 Å². The Labute approximate surface area is 171 Å². The molecule has 0 aliphatic carbocycles. The van der Waals surface area contributed by atoms with E-state index >= 15 is 0 Å². The van der Waals surface area contributed by atoms with Gasteiger partial charge in [-0.25, -0.2) is 0 Å². The molecule has 0 spiro atoms. The molecule has 0 bridgehead atoms. The SMILES string of the molecule is CCOc1ccc(OCc2cccc(C(=O)N(C)Cc3ccn(CC)n3)c2)cc1. The van der Waals surface area contributed by atoms with Crippen LogP contribution in [0.2, 0.25) is 0 Å². The van der Waals surface area contributed by atoms with Gasteiger partial charge in [0, 0.05) is 25.4 Å². The lowest BCUT2D eigenvalue weighted by atomic mass is 10.1. The van der Waals surface area contributed by atoms with Crippen molar-refractivity contribution in [3.8, 4) is 11.5 Å². The van der Waals surface area contributed by atoms with Crippen molar-refractivity contribution in [2.45, 2.75) is 33.5 Å². The molecule has 0 aliphatic heterocycles. The third-order valence-electron chi connectivity index (χ3n) is 4.48. The van der Waals surface area contributed by atoms with Gasteiger partial charge in [-0.05, 0) is 61.9 Å². The number of nitrogens with zero attached hydrogens (tertiary/aromatic N) is 3. The van der Waals surface area contributed by atoms with Crippen LogP contribution in [0.15, 0.2) is 60.8 Å². The number of carbonyl (C=O) groups is 1. The molecular weight excluding hydrogens is 366 g/mol. The molecule has 1 aromatic heterocycles. The normalized spacial score (nSPS) is 10.6. The Morgan fingerprint density at radius 2 is 1.76 bits per heavy atom. The Kier molecular flexibility index (Phi) is 6.89. The van der Waals surface area contributed by atoms with Gasteiger partial charge in [-0.3, -0.25) is 9.48 Å². The fourth-order valence-corrected chi connectivity index (χ4v) is 2.96. The van der Waals surface area contributed by atoms with E-state index in [1.807, 2.05) is 79.3 Å². The Morgan fingerprint density at radius 3 is 2.41 bits per heavy atom. The summed E-state index contributed by atoms with van der Waals surface area (Å²) in [6.07, 6.45) is 1.92. The van der Waals surface area contributed by atoms with Crippen molar-refractivity contribution in [3.63, 3.8) is 0 Å². The van der Waals surface area contributed by atoms with Crippen LogP contribution >= 0.6 is 0 Å². The smallest absolute Gasteiger partial charge is 0.253 e. The van der Waals surface area contributed by atoms with Gasteiger partial charge >= 0.3 is 0 Å². The second-order valence-corrected chi connectivity index (χ2v) is 6.72. The minimum atomic E-state index is -0.0426. The van der Waals surface area contributed by atoms with Crippen LogP contribution in [0.4, 0.5) is 0 Å². The van der Waals surface area contributed by atoms with E-state index in [0.717, 1.165) is 29.3 Å². The Hall–Kier alpha value is -3.28. The summed E-state index contributed by atoms with van der Waals surface area (Å²) >= 11 is 0. The number of benzene rings is 2. The quantitative estimate of drug-likeness (QED) is 0.548. The standard InChI is InChI=1S/C23H27N3O3/c1-4-26-14-13-20(24-26)16-25(3)23(27)19-8-6-7-18(15-19)17-29-22-11-9-21(10-12-22)28-5-2/h6-15H,4-5,16-17H2,1-3H3. The predicted molar refractivity (Wildman–Crippen MR) is 112 cm³/mol. The van der Waals surface area contributed by atoms with Crippen molar-refractivity contribution in [3.05, 3.63) is 77.6 Å². The van der Waals surface area contributed by atoms with Crippen molar-refractivity contribution < 1.29 is 14.3 Å². The molecular formula is C23H27N3O3. The number of aromatic nitrogens is 2. The molecule has 1 heterocycles. The van der Waals surface area contributed by atoms with Gasteiger partial charge < -0.3 is 14.4 Å². The first-order valence-corrected chi connectivity index (χ1v) is 9.81. The zero-order chi connectivity index (χ0) is 20.6. The van der Waals surface area contributed by atoms with E-state index in [1.165, 1.54) is 0 Å². The minimum Gasteiger partial charge on any atom is -0.494 e. The third kappa shape index (κ3) is 5.60. The molecule has 3 rings (SSSR count). The number of amides is 1. The lowest BCUT2D eigenvalue weighted by Crippen LogP contribution is -2.26. The van der Waals surface area contributed by atoms with E-state index in [0.29, 0.717) is 25.3 Å². The average molecular weight is 393 g/mol. The van der Waals surface area contributed by atoms with Gasteiger partial charge in [-0.1, -0.05) is 12.1 Å². The van der Waals surface area contributed by atoms with E-state index in [2.05, 4.69) is 5.10 Å². The number of carbonyl (C=O) groups excluding carboxylic acids is 1. The highest BCUT2D eigenvalue weighted by atomic mass is 16.5. The van der Waals surface area contributed by atoms with Gasteiger partial charge in [0.1, 0.15) is 18.1 Å². The maximum absolute atomic E-state index is 12.8. The van der Waals surface area contributed by atoms with Gasteiger partial charge in [-0.2, -0.15) is 5.10 Å². The first-order valence-electron chi connectivity index (χ1n) is 9.81. The fourth-order valence-electron chi connectivity index (χ4n) is 2.96. The molecule has 6 nitrogen and oxygen atoms in total. The maximum atomic E-state index is 12.8. The second-order valence-electron chi connectivity index (χ2n) is 6.72. The van der Waals surface area contributed by atoms with Crippen LogP contribution < -0.4 is 9.47 Å². The molecule has 0 radical (unpaired) electrons. The van der Waals surface area contributed by atoms with Gasteiger partial charge in [-0.15, -0.1) is 0 Å². The van der Waals surface area contributed by atoms with Gasteiger partial charge in [0.05, 0.1) is 18.8 Å². The Balaban J connectivity index is 1.59. The molecule has 0 aliphatic rings. The fraction of sp³-hybridized carbons (Fsp3) is 0.304. The number of rotatable bonds is 9. The number of aryl methyl sites for hydroxylation is 1. The third-order valence-corrected chi connectivity index (χ3v) is 4.48. The topological polar surface area (TPSA) is 56.6 Å². The Morgan fingerprint density at radius 1 is 1.03 bits per heavy atom. The van der Waals surface area contributed by atoms with E-state index in [9.17, 15) is 4.79 Å². The van der Waals surface area contributed by atoms with Crippen LogP contribution in [0, 0.1) is 0 Å². The van der Waals surface area contributed by atoms with E-state index < -0.39 is 0 Å². The van der Waals surface area contributed by atoms with E-state index in [-0.39, 0.29) is 5.91 Å². The molecule has 29 heavy (non-hydrogen) atoms. The monoisotopic (exact) mass is 393 g/mol. The first kappa shape index (κ1) is 20.5. The van der Waals surface area contributed by atoms with Crippen LogP contribution in [0.5, 0.6) is 11.5 Å². The lowest BCUT2D eigenvalue weighted by Gasteiger charge is -2.16. The summed E-state index contributed by atoms with van der Waals surface area (Å²) in [5.74, 6) is 1.53. The maximum Gasteiger partial charge on any atom is 0.253 e. The average Bonchev–Trinajstić information content (AvgIpc) is 3.20. The predicted octanol–water partition coefficient (Wildman–Crippen LogP) is 4.15. The molecule has 6 heteroatoms. The lowest BCUT2D eigenvalue weighted by molar-refractivity contribution is 0.0783. The Bertz CT molecular complexity index is 935. The van der Waals surface area contributed by atoms with Crippen molar-refractivity contribution in [1.82, 2.24) is 14.7 Å². The zero-order valence-corrected chi connectivity index (χ0v) is 17.2. The van der Waals surface area contributed by atoms with Crippen molar-refractivity contribution >= 4 is 5.91 Å². The van der Waals surface area contributed by atoms with E-state index in [1.54, 1.807) is 11.9 Å². The molecule has 0 N–H and O–H groups in total. The molecule has 152 valence electrons. The number of hydrogen-bond donors (Lipinski definition) is 0. The summed E-state index contributed by atoms with van der Waals surface area (Å²) < 4.78 is 13.1. The highest BCUT2D eigenvalue weighted by Gasteiger charge is 2.14. The molecule has 3 aromatic rings. The van der Waals surface area contributed by atoms with Gasteiger partial charge in [0.2, 0.25) is 0 Å². The van der Waals surface area contributed by atoms with Crippen LogP contribution in [0.1, 0.15) is 35.5 Å². The van der Waals surface area contributed by atoms with Crippen LogP contribution in [0.25, 0.3) is 0 Å². The first-order chi connectivity index (χ1) is 14.1. The summed E-state index contributed by atoms with van der Waals surface area (Å²) in [5, 5.41) is 4.44. The van der Waals surface area contributed by atoms with Gasteiger partial charge in [0.25, 0.3) is 5.91 Å². The van der Waals surface area contributed by atoms with Crippen LogP contribution in [-0.4, -0.2) is 34.2 Å². The number of ether oxygens (including phenoxy) is 2.